The normalized spacial score (nSPS) is 18.2. The molecule has 294 valence electrons. The molecule has 2 amide bonds. The number of pyridine rings is 2. The third kappa shape index (κ3) is 9.29. The van der Waals surface area contributed by atoms with Gasteiger partial charge in [0.05, 0.1) is 44.5 Å². The van der Waals surface area contributed by atoms with E-state index in [2.05, 4.69) is 58.7 Å². The number of hydrogen-bond acceptors (Lipinski definition) is 8. The molecule has 3 unspecified atom stereocenters. The summed E-state index contributed by atoms with van der Waals surface area (Å²) in [6.07, 6.45) is 2.61. The van der Waals surface area contributed by atoms with Gasteiger partial charge in [0.15, 0.2) is 0 Å². The van der Waals surface area contributed by atoms with Gasteiger partial charge in [0.1, 0.15) is 22.9 Å². The first-order valence-electron chi connectivity index (χ1n) is 19.7. The lowest BCUT2D eigenvalue weighted by Crippen LogP contribution is -2.40. The van der Waals surface area contributed by atoms with Crippen molar-refractivity contribution in [2.75, 3.05) is 0 Å². The molecule has 6 aromatic rings. The molecule has 56 heavy (non-hydrogen) atoms. The zero-order chi connectivity index (χ0) is 39.9. The number of hydrogen-bond donors (Lipinski definition) is 4. The lowest BCUT2D eigenvalue weighted by Gasteiger charge is -2.24. The third-order valence-corrected chi connectivity index (χ3v) is 10.6. The minimum absolute atomic E-state index is 0.0299. The summed E-state index contributed by atoms with van der Waals surface area (Å²) in [5.74, 6) is 2.90. The summed E-state index contributed by atoms with van der Waals surface area (Å²) < 4.78 is 10.8. The fraction of sp³-hybridized carbons (Fsp3) is 0.455. The Hall–Kier alpha value is -5.52. The average molecular weight is 759 g/mol. The van der Waals surface area contributed by atoms with Crippen LogP contribution >= 0.6 is 0 Å². The van der Waals surface area contributed by atoms with Crippen LogP contribution in [0.4, 0.5) is 9.59 Å². The number of fused-ring (bicyclic) bond motifs is 3. The van der Waals surface area contributed by atoms with Gasteiger partial charge >= 0.3 is 12.2 Å². The monoisotopic (exact) mass is 758 g/mol. The molecule has 12 heteroatoms. The fourth-order valence-corrected chi connectivity index (χ4v) is 7.24. The summed E-state index contributed by atoms with van der Waals surface area (Å²) in [5, 5.41) is 5.98. The molecule has 5 atom stereocenters. The Morgan fingerprint density at radius 2 is 1.20 bits per heavy atom. The van der Waals surface area contributed by atoms with Crippen molar-refractivity contribution in [3.63, 3.8) is 0 Å². The number of imidazole rings is 2. The van der Waals surface area contributed by atoms with Gasteiger partial charge < -0.3 is 30.1 Å². The van der Waals surface area contributed by atoms with Gasteiger partial charge in [-0.1, -0.05) is 26.0 Å². The largest absolute Gasteiger partial charge is 0.444 e. The van der Waals surface area contributed by atoms with E-state index in [0.29, 0.717) is 11.8 Å². The van der Waals surface area contributed by atoms with Gasteiger partial charge in [-0.25, -0.2) is 29.5 Å². The maximum absolute atomic E-state index is 12.2. The summed E-state index contributed by atoms with van der Waals surface area (Å²) in [5.41, 5.74) is 8.07. The summed E-state index contributed by atoms with van der Waals surface area (Å²) in [7, 11) is 0. The van der Waals surface area contributed by atoms with Crippen LogP contribution in [-0.4, -0.2) is 65.4 Å². The van der Waals surface area contributed by atoms with E-state index in [4.69, 9.17) is 29.4 Å². The summed E-state index contributed by atoms with van der Waals surface area (Å²) in [4.78, 5) is 51.0. The molecule has 0 spiro atoms. The molecule has 12 nitrogen and oxygen atoms in total. The first-order valence-corrected chi connectivity index (χ1v) is 19.7. The molecule has 1 saturated carbocycles. The Morgan fingerprint density at radius 3 is 1.73 bits per heavy atom. The molecule has 4 N–H and O–H groups in total. The maximum atomic E-state index is 12.2. The number of amides is 2. The summed E-state index contributed by atoms with van der Waals surface area (Å²) in [6, 6.07) is 20.5. The molecule has 4 heterocycles. The van der Waals surface area contributed by atoms with Gasteiger partial charge in [-0.05, 0) is 128 Å². The van der Waals surface area contributed by atoms with Crippen molar-refractivity contribution in [3.05, 3.63) is 72.3 Å². The maximum Gasteiger partial charge on any atom is 0.407 e. The number of alkyl carbamates (subject to hydrolysis) is 2. The molecular formula is C44H54N8O4. The van der Waals surface area contributed by atoms with Crippen molar-refractivity contribution in [1.29, 1.82) is 0 Å². The second-order valence-electron chi connectivity index (χ2n) is 17.4. The Kier molecular flexibility index (Phi) is 10.5. The van der Waals surface area contributed by atoms with Crippen LogP contribution in [0.25, 0.3) is 55.6 Å². The molecule has 0 radical (unpaired) electrons. The van der Waals surface area contributed by atoms with E-state index in [0.717, 1.165) is 92.9 Å². The molecule has 7 rings (SSSR count). The summed E-state index contributed by atoms with van der Waals surface area (Å²) in [6.45, 7) is 17.5. The van der Waals surface area contributed by atoms with Crippen LogP contribution in [0, 0.1) is 17.8 Å². The number of benzene rings is 2. The highest BCUT2D eigenvalue weighted by Crippen LogP contribution is 2.42. The van der Waals surface area contributed by atoms with Crippen LogP contribution < -0.4 is 10.6 Å². The quantitative estimate of drug-likeness (QED) is 0.102. The number of rotatable bonds is 11. The Balaban J connectivity index is 0.969. The molecule has 1 aliphatic carbocycles. The predicted octanol–water partition coefficient (Wildman–Crippen LogP) is 9.29. The number of nitrogens with one attached hydrogen (secondary N) is 4. The Bertz CT molecular complexity index is 2230. The Morgan fingerprint density at radius 1 is 0.696 bits per heavy atom. The minimum atomic E-state index is -0.528. The second kappa shape index (κ2) is 15.2. The molecule has 1 aliphatic rings. The highest BCUT2D eigenvalue weighted by Gasteiger charge is 2.47. The van der Waals surface area contributed by atoms with E-state index in [1.54, 1.807) is 0 Å². The predicted molar refractivity (Wildman–Crippen MR) is 220 cm³/mol. The Labute approximate surface area is 328 Å². The molecule has 0 saturated heterocycles. The minimum Gasteiger partial charge on any atom is -0.444 e. The van der Waals surface area contributed by atoms with E-state index >= 15 is 0 Å². The van der Waals surface area contributed by atoms with Crippen molar-refractivity contribution >= 4 is 45.3 Å². The first-order chi connectivity index (χ1) is 26.5. The van der Waals surface area contributed by atoms with Gasteiger partial charge in [-0.15, -0.1) is 0 Å². The number of aromatic amines is 2. The lowest BCUT2D eigenvalue weighted by atomic mass is 9.98. The van der Waals surface area contributed by atoms with Crippen molar-refractivity contribution in [2.45, 2.75) is 111 Å². The van der Waals surface area contributed by atoms with Crippen LogP contribution in [0.2, 0.25) is 0 Å². The van der Waals surface area contributed by atoms with Crippen LogP contribution in [0.5, 0.6) is 0 Å². The number of carbonyl (C=O) groups excluding carboxylic acids is 2. The number of ether oxygens (including phenoxy) is 2. The van der Waals surface area contributed by atoms with Gasteiger partial charge in [-0.2, -0.15) is 0 Å². The van der Waals surface area contributed by atoms with Crippen molar-refractivity contribution in [3.8, 4) is 22.5 Å². The van der Waals surface area contributed by atoms with Crippen molar-refractivity contribution in [2.24, 2.45) is 17.8 Å². The zero-order valence-electron chi connectivity index (χ0n) is 33.9. The van der Waals surface area contributed by atoms with E-state index in [-0.39, 0.29) is 24.1 Å². The third-order valence-electron chi connectivity index (χ3n) is 10.6. The van der Waals surface area contributed by atoms with Crippen LogP contribution in [0.1, 0.15) is 86.8 Å². The molecule has 0 aliphatic heterocycles. The lowest BCUT2D eigenvalue weighted by molar-refractivity contribution is 0.0488. The number of carbonyl (C=O) groups is 2. The topological polar surface area (TPSA) is 160 Å². The van der Waals surface area contributed by atoms with Gasteiger partial charge in [0.25, 0.3) is 0 Å². The van der Waals surface area contributed by atoms with Crippen LogP contribution in [-0.2, 0) is 22.3 Å². The molecule has 1 fully saturated rings. The van der Waals surface area contributed by atoms with E-state index < -0.39 is 17.3 Å². The SMILES string of the molecule is CC(CCc1nc2ccc(-c3ccc4nc(-c5ccc6nc(CCC7C(NC(=O)OC(C)(C)C)[C@@H]7C)[nH]c6c5)ccc4n3)cc2[nH]1)[C@@H](C)NC(=O)OC(C)(C)C. The van der Waals surface area contributed by atoms with Crippen LogP contribution in [0.3, 0.4) is 0 Å². The molecule has 2 aromatic carbocycles. The zero-order valence-corrected chi connectivity index (χ0v) is 33.9. The second-order valence-corrected chi connectivity index (χ2v) is 17.4. The standard InChI is InChI=1S/C44H54N8O4/c1-24(26(3)45-41(53)55-43(4,5)6)10-20-38-48-34-14-11-27(22-36(34)50-38)30-16-18-33-32(46-30)19-17-31(47-33)28-12-15-35-37(23-28)51-39(49-35)21-13-29-25(2)40(29)52-42(54)56-44(7,8)9/h11-12,14-19,22-26,29,40H,10,13,20-21H2,1-9H3,(H,45,53)(H,48,50)(H,49,51)(H,52,54)/t24?,25-,26-,29?,40?/m1/s1. The van der Waals surface area contributed by atoms with Crippen molar-refractivity contribution < 1.29 is 19.1 Å². The van der Waals surface area contributed by atoms with Gasteiger partial charge in [-0.3, -0.25) is 0 Å². The van der Waals surface area contributed by atoms with E-state index in [1.807, 2.05) is 84.9 Å². The average Bonchev–Trinajstić information content (AvgIpc) is 3.42. The smallest absolute Gasteiger partial charge is 0.407 e. The van der Waals surface area contributed by atoms with E-state index in [1.165, 1.54) is 0 Å². The van der Waals surface area contributed by atoms with Crippen molar-refractivity contribution in [1.82, 2.24) is 40.5 Å². The highest BCUT2D eigenvalue weighted by molar-refractivity contribution is 5.86. The van der Waals surface area contributed by atoms with Gasteiger partial charge in [0, 0.05) is 36.1 Å². The molecular weight excluding hydrogens is 705 g/mol. The number of nitrogens with zero attached hydrogens (tertiary/aromatic N) is 4. The van der Waals surface area contributed by atoms with E-state index in [9.17, 15) is 9.59 Å². The fourth-order valence-electron chi connectivity index (χ4n) is 7.24. The van der Waals surface area contributed by atoms with Gasteiger partial charge in [0.2, 0.25) is 0 Å². The number of H-pyrrole nitrogens is 2. The van der Waals surface area contributed by atoms with Crippen LogP contribution in [0.15, 0.2) is 60.7 Å². The number of aromatic nitrogens is 6. The molecule has 4 aromatic heterocycles. The summed E-state index contributed by atoms with van der Waals surface area (Å²) >= 11 is 0. The first kappa shape index (κ1) is 38.7. The number of aryl methyl sites for hydroxylation is 2. The molecule has 0 bridgehead atoms. The highest BCUT2D eigenvalue weighted by atomic mass is 16.6.